The highest BCUT2D eigenvalue weighted by atomic mass is 32.2. The van der Waals surface area contributed by atoms with Crippen molar-refractivity contribution in [1.82, 2.24) is 20.4 Å². The van der Waals surface area contributed by atoms with E-state index in [4.69, 9.17) is 0 Å². The van der Waals surface area contributed by atoms with E-state index in [1.807, 2.05) is 6.92 Å². The van der Waals surface area contributed by atoms with Gasteiger partial charge in [-0.15, -0.1) is 22.0 Å². The number of thioether (sulfide) groups is 2. The second-order valence-corrected chi connectivity index (χ2v) is 10.4. The minimum absolute atomic E-state index is 0.00618. The molecule has 2 aliphatic rings. The summed E-state index contributed by atoms with van der Waals surface area (Å²) in [7, 11) is 0. The summed E-state index contributed by atoms with van der Waals surface area (Å²) in [6.07, 6.45) is 0.00618. The molecule has 0 aliphatic carbocycles. The fourth-order valence-corrected chi connectivity index (χ4v) is 6.59. The number of β-lactam (4-membered cyclic amide) rings is 1. The summed E-state index contributed by atoms with van der Waals surface area (Å²) < 4.78 is 13.7. The Morgan fingerprint density at radius 1 is 1.32 bits per heavy atom. The molecule has 0 radical (unpaired) electrons. The highest BCUT2D eigenvalue weighted by Crippen LogP contribution is 2.41. The van der Waals surface area contributed by atoms with Crippen molar-refractivity contribution in [3.05, 3.63) is 51.9 Å². The van der Waals surface area contributed by atoms with Crippen molar-refractivity contribution >= 4 is 52.6 Å². The van der Waals surface area contributed by atoms with E-state index >= 15 is 0 Å². The van der Waals surface area contributed by atoms with Crippen LogP contribution in [0, 0.1) is 12.7 Å². The lowest BCUT2D eigenvalue weighted by Crippen LogP contribution is -2.70. The van der Waals surface area contributed by atoms with Crippen LogP contribution in [-0.4, -0.2) is 60.9 Å². The smallest absolute Gasteiger partial charge is 0.352 e. The zero-order valence-electron chi connectivity index (χ0n) is 16.2. The first-order valence-corrected chi connectivity index (χ1v) is 12.1. The summed E-state index contributed by atoms with van der Waals surface area (Å²) in [5.74, 6) is -1.56. The number of carboxylic acids is 1. The molecule has 0 unspecified atom stereocenters. The Morgan fingerprint density at radius 3 is 2.71 bits per heavy atom. The van der Waals surface area contributed by atoms with E-state index in [1.165, 1.54) is 64.0 Å². The molecule has 0 saturated carbocycles. The first-order valence-electron chi connectivity index (χ1n) is 9.20. The molecule has 2 aromatic rings. The van der Waals surface area contributed by atoms with E-state index < -0.39 is 29.1 Å². The predicted molar refractivity (Wildman–Crippen MR) is 115 cm³/mol. The van der Waals surface area contributed by atoms with Crippen LogP contribution in [0.1, 0.15) is 10.6 Å². The zero-order chi connectivity index (χ0) is 22.1. The molecule has 31 heavy (non-hydrogen) atoms. The standard InChI is InChI=1S/C19H17FN4O4S3/c1-9-22-23-19(31-9)30-8-11-7-29-17-14(16(26)24(17)15(11)18(27)28)21-13(25)6-10-2-4-12(20)5-3-10/h2-5,14,17H,6-8H2,1H3,(H,21,25)(H,27,28)/t14-,17+/m1/s1. The Morgan fingerprint density at radius 2 is 2.06 bits per heavy atom. The highest BCUT2D eigenvalue weighted by Gasteiger charge is 2.54. The number of rotatable bonds is 7. The number of nitrogens with one attached hydrogen (secondary N) is 1. The Balaban J connectivity index is 1.42. The van der Waals surface area contributed by atoms with Gasteiger partial charge in [-0.3, -0.25) is 14.5 Å². The maximum absolute atomic E-state index is 13.0. The largest absolute Gasteiger partial charge is 0.477 e. The van der Waals surface area contributed by atoms with Crippen LogP contribution >= 0.6 is 34.9 Å². The molecule has 1 fully saturated rings. The highest BCUT2D eigenvalue weighted by molar-refractivity contribution is 8.01. The van der Waals surface area contributed by atoms with E-state index in [9.17, 15) is 23.9 Å². The number of amides is 2. The first kappa shape index (κ1) is 21.8. The predicted octanol–water partition coefficient (Wildman–Crippen LogP) is 2.06. The van der Waals surface area contributed by atoms with Crippen LogP contribution in [0.4, 0.5) is 4.39 Å². The maximum atomic E-state index is 13.0. The number of aliphatic carboxylic acids is 1. The number of hydrogen-bond donors (Lipinski definition) is 2. The van der Waals surface area contributed by atoms with Crippen LogP contribution in [0.2, 0.25) is 0 Å². The molecule has 12 heteroatoms. The van der Waals surface area contributed by atoms with E-state index in [1.54, 1.807) is 0 Å². The van der Waals surface area contributed by atoms with Gasteiger partial charge in [0.2, 0.25) is 5.91 Å². The molecular formula is C19H17FN4O4S3. The summed E-state index contributed by atoms with van der Waals surface area (Å²) in [4.78, 5) is 38.2. The van der Waals surface area contributed by atoms with Gasteiger partial charge in [0.15, 0.2) is 4.34 Å². The van der Waals surface area contributed by atoms with Gasteiger partial charge in [0.25, 0.3) is 5.91 Å². The molecular weight excluding hydrogens is 463 g/mol. The Hall–Kier alpha value is -2.44. The normalized spacial score (nSPS) is 20.3. The van der Waals surface area contributed by atoms with Gasteiger partial charge in [0.05, 0.1) is 6.42 Å². The summed E-state index contributed by atoms with van der Waals surface area (Å²) in [5.41, 5.74) is 1.23. The molecule has 0 bridgehead atoms. The number of carbonyl (C=O) groups is 3. The quantitative estimate of drug-likeness (QED) is 0.458. The lowest BCUT2D eigenvalue weighted by molar-refractivity contribution is -0.150. The second-order valence-electron chi connectivity index (χ2n) is 6.89. The number of fused-ring (bicyclic) bond motifs is 1. The van der Waals surface area contributed by atoms with Gasteiger partial charge >= 0.3 is 5.97 Å². The number of aryl methyl sites for hydroxylation is 1. The van der Waals surface area contributed by atoms with Gasteiger partial charge in [-0.25, -0.2) is 9.18 Å². The Bertz CT molecular complexity index is 1070. The first-order chi connectivity index (χ1) is 14.8. The van der Waals surface area contributed by atoms with Crippen molar-refractivity contribution in [2.75, 3.05) is 11.5 Å². The Labute approximate surface area is 189 Å². The minimum atomic E-state index is -1.17. The number of aromatic nitrogens is 2. The van der Waals surface area contributed by atoms with Gasteiger partial charge in [-0.2, -0.15) is 0 Å². The van der Waals surface area contributed by atoms with Gasteiger partial charge in [-0.1, -0.05) is 35.2 Å². The van der Waals surface area contributed by atoms with Crippen molar-refractivity contribution < 1.29 is 23.9 Å². The summed E-state index contributed by atoms with van der Waals surface area (Å²) in [6.45, 7) is 1.84. The fraction of sp³-hybridized carbons (Fsp3) is 0.316. The molecule has 1 aromatic carbocycles. The molecule has 3 heterocycles. The average molecular weight is 481 g/mol. The number of carbonyl (C=O) groups excluding carboxylic acids is 2. The summed E-state index contributed by atoms with van der Waals surface area (Å²) in [5, 5.41) is 20.7. The van der Waals surface area contributed by atoms with Crippen molar-refractivity contribution in [1.29, 1.82) is 0 Å². The number of benzene rings is 1. The number of hydrogen-bond acceptors (Lipinski definition) is 8. The monoisotopic (exact) mass is 480 g/mol. The van der Waals surface area contributed by atoms with Gasteiger partial charge in [0, 0.05) is 11.5 Å². The summed E-state index contributed by atoms with van der Waals surface area (Å²) >= 11 is 4.23. The van der Waals surface area contributed by atoms with Crippen LogP contribution in [0.15, 0.2) is 39.9 Å². The number of halogens is 1. The van der Waals surface area contributed by atoms with Crippen molar-refractivity contribution in [3.8, 4) is 0 Å². The zero-order valence-corrected chi connectivity index (χ0v) is 18.7. The minimum Gasteiger partial charge on any atom is -0.477 e. The van der Waals surface area contributed by atoms with Crippen molar-refractivity contribution in [3.63, 3.8) is 0 Å². The van der Waals surface area contributed by atoms with Crippen LogP contribution in [0.3, 0.4) is 0 Å². The number of nitrogens with zero attached hydrogens (tertiary/aromatic N) is 3. The van der Waals surface area contributed by atoms with Crippen LogP contribution in [0.25, 0.3) is 0 Å². The van der Waals surface area contributed by atoms with E-state index in [0.717, 1.165) is 9.35 Å². The van der Waals surface area contributed by atoms with E-state index in [0.29, 0.717) is 22.6 Å². The Kier molecular flexibility index (Phi) is 6.30. The molecule has 2 N–H and O–H groups in total. The van der Waals surface area contributed by atoms with Crippen LogP contribution in [-0.2, 0) is 20.8 Å². The fourth-order valence-electron chi connectivity index (χ4n) is 3.29. The third-order valence-corrected chi connectivity index (χ3v) is 8.12. The second kappa shape index (κ2) is 8.97. The van der Waals surface area contributed by atoms with Gasteiger partial charge in [0.1, 0.15) is 27.9 Å². The summed E-state index contributed by atoms with van der Waals surface area (Å²) in [6, 6.07) is 4.76. The SMILES string of the molecule is Cc1nnc(SCC2=C(C(=O)O)N3C(=O)[C@@H](NC(=O)Cc4ccc(F)cc4)[C@@H]3SC2)s1. The average Bonchev–Trinajstić information content (AvgIpc) is 3.16. The van der Waals surface area contributed by atoms with Crippen LogP contribution < -0.4 is 5.32 Å². The maximum Gasteiger partial charge on any atom is 0.352 e. The third kappa shape index (κ3) is 4.60. The lowest BCUT2D eigenvalue weighted by Gasteiger charge is -2.49. The van der Waals surface area contributed by atoms with Crippen molar-refractivity contribution in [2.24, 2.45) is 0 Å². The van der Waals surface area contributed by atoms with Crippen molar-refractivity contribution in [2.45, 2.75) is 29.1 Å². The molecule has 2 aliphatic heterocycles. The molecule has 2 amide bonds. The third-order valence-electron chi connectivity index (χ3n) is 4.72. The lowest BCUT2D eigenvalue weighted by atomic mass is 10.0. The van der Waals surface area contributed by atoms with E-state index in [2.05, 4.69) is 15.5 Å². The molecule has 1 aromatic heterocycles. The molecule has 162 valence electrons. The number of carboxylic acid groups (broad SMARTS) is 1. The van der Waals surface area contributed by atoms with Crippen LogP contribution in [0.5, 0.6) is 0 Å². The molecule has 8 nitrogen and oxygen atoms in total. The molecule has 0 spiro atoms. The molecule has 2 atom stereocenters. The topological polar surface area (TPSA) is 112 Å². The van der Waals surface area contributed by atoms with E-state index in [-0.39, 0.29) is 18.0 Å². The molecule has 1 saturated heterocycles. The van der Waals surface area contributed by atoms with Gasteiger partial charge < -0.3 is 10.4 Å². The van der Waals surface area contributed by atoms with Gasteiger partial charge in [-0.05, 0) is 30.2 Å². The molecule has 4 rings (SSSR count).